The molecule has 172 valence electrons. The second-order valence-electron chi connectivity index (χ2n) is 8.41. The van der Waals surface area contributed by atoms with Gasteiger partial charge in [0, 0.05) is 58.1 Å². The van der Waals surface area contributed by atoms with E-state index in [4.69, 9.17) is 4.99 Å². The molecule has 0 bridgehead atoms. The summed E-state index contributed by atoms with van der Waals surface area (Å²) in [7, 11) is 0. The first-order valence-corrected chi connectivity index (χ1v) is 11.3. The van der Waals surface area contributed by atoms with Crippen LogP contribution in [0.3, 0.4) is 0 Å². The summed E-state index contributed by atoms with van der Waals surface area (Å²) in [4.78, 5) is 23.9. The van der Waals surface area contributed by atoms with Crippen LogP contribution in [-0.2, 0) is 19.5 Å². The second-order valence-corrected chi connectivity index (χ2v) is 8.41. The van der Waals surface area contributed by atoms with E-state index in [2.05, 4.69) is 44.9 Å². The number of hydrogen-bond donors (Lipinski definition) is 1. The molecule has 1 N–H and O–H groups in total. The van der Waals surface area contributed by atoms with Crippen LogP contribution < -0.4 is 11.0 Å². The molecule has 10 heteroatoms. The zero-order valence-electron chi connectivity index (χ0n) is 18.6. The lowest BCUT2D eigenvalue weighted by Crippen LogP contribution is -2.49. The van der Waals surface area contributed by atoms with Gasteiger partial charge in [-0.15, -0.1) is 24.0 Å². The van der Waals surface area contributed by atoms with Crippen molar-refractivity contribution in [3.8, 4) is 0 Å². The van der Waals surface area contributed by atoms with Crippen molar-refractivity contribution in [1.82, 2.24) is 34.1 Å². The minimum Gasteiger partial charge on any atom is -0.357 e. The lowest BCUT2D eigenvalue weighted by atomic mass is 9.93. The molecule has 31 heavy (non-hydrogen) atoms. The van der Waals surface area contributed by atoms with Gasteiger partial charge in [0.2, 0.25) is 0 Å². The summed E-state index contributed by atoms with van der Waals surface area (Å²) in [6, 6.07) is 0.403. The van der Waals surface area contributed by atoms with Crippen molar-refractivity contribution >= 4 is 29.9 Å². The molecule has 1 fully saturated rings. The van der Waals surface area contributed by atoms with E-state index in [0.29, 0.717) is 25.0 Å². The third-order valence-electron chi connectivity index (χ3n) is 6.28. The molecule has 4 rings (SSSR count). The Morgan fingerprint density at radius 3 is 2.94 bits per heavy atom. The summed E-state index contributed by atoms with van der Waals surface area (Å²) in [6.45, 7) is 9.30. The number of halogens is 1. The van der Waals surface area contributed by atoms with Crippen molar-refractivity contribution in [3.05, 3.63) is 35.0 Å². The smallest absolute Gasteiger partial charge is 0.345 e. The standard InChI is InChI=1S/C21H34N8O.HI/c1-3-23-20(26-13-8-17(2)18(15-26)27-14-10-22-16-27)24-9-6-12-29-21(30)28-11-5-4-7-19(28)25-29;/h10,14,16-18H,3-9,11-13,15H2,1-2H3,(H,23,24);1H. The zero-order valence-corrected chi connectivity index (χ0v) is 20.9. The maximum Gasteiger partial charge on any atom is 0.345 e. The van der Waals surface area contributed by atoms with Crippen LogP contribution in [0.25, 0.3) is 0 Å². The van der Waals surface area contributed by atoms with Crippen LogP contribution in [-0.4, -0.2) is 60.9 Å². The number of nitrogens with one attached hydrogen (secondary N) is 1. The molecule has 2 aromatic rings. The number of likely N-dealkylation sites (tertiary alicyclic amines) is 1. The molecule has 0 saturated carbocycles. The molecule has 2 atom stereocenters. The van der Waals surface area contributed by atoms with Gasteiger partial charge in [0.15, 0.2) is 5.96 Å². The highest BCUT2D eigenvalue weighted by Gasteiger charge is 2.28. The van der Waals surface area contributed by atoms with Crippen molar-refractivity contribution in [2.75, 3.05) is 26.2 Å². The maximum absolute atomic E-state index is 12.5. The van der Waals surface area contributed by atoms with Crippen LogP contribution in [0.5, 0.6) is 0 Å². The van der Waals surface area contributed by atoms with E-state index in [9.17, 15) is 4.79 Å². The first-order valence-electron chi connectivity index (χ1n) is 11.3. The molecule has 2 unspecified atom stereocenters. The van der Waals surface area contributed by atoms with Gasteiger partial charge in [-0.05, 0) is 38.5 Å². The Balaban J connectivity index is 0.00000272. The normalized spacial score (nSPS) is 21.5. The number of fused-ring (bicyclic) bond motifs is 1. The Morgan fingerprint density at radius 1 is 1.32 bits per heavy atom. The topological polar surface area (TPSA) is 85.3 Å². The van der Waals surface area contributed by atoms with Gasteiger partial charge in [0.25, 0.3) is 0 Å². The van der Waals surface area contributed by atoms with Crippen molar-refractivity contribution in [2.24, 2.45) is 10.9 Å². The molecule has 1 saturated heterocycles. The van der Waals surface area contributed by atoms with E-state index < -0.39 is 0 Å². The average Bonchev–Trinajstić information content (AvgIpc) is 3.40. The lowest BCUT2D eigenvalue weighted by Gasteiger charge is -2.39. The number of nitrogens with zero attached hydrogens (tertiary/aromatic N) is 7. The molecule has 0 aromatic carbocycles. The number of hydrogen-bond acceptors (Lipinski definition) is 4. The highest BCUT2D eigenvalue weighted by Crippen LogP contribution is 2.27. The highest BCUT2D eigenvalue weighted by molar-refractivity contribution is 14.0. The first kappa shape index (κ1) is 23.8. The van der Waals surface area contributed by atoms with Crippen LogP contribution >= 0.6 is 24.0 Å². The Bertz CT molecular complexity index is 903. The van der Waals surface area contributed by atoms with Crippen molar-refractivity contribution in [3.63, 3.8) is 0 Å². The zero-order chi connectivity index (χ0) is 20.9. The third-order valence-corrected chi connectivity index (χ3v) is 6.28. The summed E-state index contributed by atoms with van der Waals surface area (Å²) in [6.07, 6.45) is 10.9. The average molecular weight is 542 g/mol. The number of aryl methyl sites for hydroxylation is 2. The quantitative estimate of drug-likeness (QED) is 0.262. The molecule has 0 spiro atoms. The second kappa shape index (κ2) is 11.1. The Kier molecular flexibility index (Phi) is 8.56. The maximum atomic E-state index is 12.5. The predicted molar refractivity (Wildman–Crippen MR) is 132 cm³/mol. The third kappa shape index (κ3) is 5.50. The lowest BCUT2D eigenvalue weighted by molar-refractivity contribution is 0.189. The van der Waals surface area contributed by atoms with E-state index in [1.54, 1.807) is 4.68 Å². The van der Waals surface area contributed by atoms with Gasteiger partial charge in [-0.1, -0.05) is 6.92 Å². The highest BCUT2D eigenvalue weighted by atomic mass is 127. The molecule has 2 aromatic heterocycles. The molecule has 4 heterocycles. The van der Waals surface area contributed by atoms with E-state index in [1.165, 1.54) is 0 Å². The predicted octanol–water partition coefficient (Wildman–Crippen LogP) is 2.13. The largest absolute Gasteiger partial charge is 0.357 e. The van der Waals surface area contributed by atoms with Gasteiger partial charge in [0.05, 0.1) is 12.4 Å². The van der Waals surface area contributed by atoms with Crippen molar-refractivity contribution in [2.45, 2.75) is 65.1 Å². The molecule has 9 nitrogen and oxygen atoms in total. The van der Waals surface area contributed by atoms with E-state index in [0.717, 1.165) is 70.1 Å². The molecule has 2 aliphatic heterocycles. The number of rotatable bonds is 6. The monoisotopic (exact) mass is 542 g/mol. The van der Waals surface area contributed by atoms with E-state index in [1.807, 2.05) is 17.1 Å². The summed E-state index contributed by atoms with van der Waals surface area (Å²) < 4.78 is 5.68. The van der Waals surface area contributed by atoms with E-state index in [-0.39, 0.29) is 29.7 Å². The minimum atomic E-state index is 0. The van der Waals surface area contributed by atoms with Crippen LogP contribution in [0.15, 0.2) is 28.5 Å². The van der Waals surface area contributed by atoms with Gasteiger partial charge < -0.3 is 14.8 Å². The fourth-order valence-electron chi connectivity index (χ4n) is 4.52. The summed E-state index contributed by atoms with van der Waals surface area (Å²) in [5.41, 5.74) is 0.0359. The summed E-state index contributed by atoms with van der Waals surface area (Å²) >= 11 is 0. The molecule has 0 aliphatic carbocycles. The number of aromatic nitrogens is 5. The number of piperidine rings is 1. The van der Waals surface area contributed by atoms with Gasteiger partial charge in [0.1, 0.15) is 5.82 Å². The summed E-state index contributed by atoms with van der Waals surface area (Å²) in [5, 5.41) is 7.97. The van der Waals surface area contributed by atoms with Crippen LogP contribution in [0.4, 0.5) is 0 Å². The van der Waals surface area contributed by atoms with Crippen LogP contribution in [0, 0.1) is 5.92 Å². The summed E-state index contributed by atoms with van der Waals surface area (Å²) in [5.74, 6) is 2.51. The number of aliphatic imine (C=N–C) groups is 1. The fourth-order valence-corrected chi connectivity index (χ4v) is 4.52. The number of guanidine groups is 1. The van der Waals surface area contributed by atoms with Gasteiger partial charge in [-0.2, -0.15) is 5.10 Å². The van der Waals surface area contributed by atoms with E-state index >= 15 is 0 Å². The Labute approximate surface area is 201 Å². The minimum absolute atomic E-state index is 0. The fraction of sp³-hybridized carbons (Fsp3) is 0.714. The molecule has 2 aliphatic rings. The Hall–Kier alpha value is -1.85. The van der Waals surface area contributed by atoms with Crippen molar-refractivity contribution < 1.29 is 0 Å². The Morgan fingerprint density at radius 2 is 2.19 bits per heavy atom. The van der Waals surface area contributed by atoms with Gasteiger partial charge >= 0.3 is 5.69 Å². The van der Waals surface area contributed by atoms with Crippen molar-refractivity contribution in [1.29, 1.82) is 0 Å². The number of imidazole rings is 1. The molecule has 0 radical (unpaired) electrons. The van der Waals surface area contributed by atoms with Gasteiger partial charge in [-0.25, -0.2) is 14.5 Å². The van der Waals surface area contributed by atoms with Gasteiger partial charge in [-0.3, -0.25) is 9.56 Å². The van der Waals surface area contributed by atoms with Crippen LogP contribution in [0.1, 0.15) is 51.4 Å². The molecular formula is C21H35IN8O. The van der Waals surface area contributed by atoms with Crippen LogP contribution in [0.2, 0.25) is 0 Å². The first-order chi connectivity index (χ1) is 14.7. The molecule has 0 amide bonds. The molecular weight excluding hydrogens is 507 g/mol. The SMILES string of the molecule is CCNC(=NCCCn1nc2n(c1=O)CCCC2)N1CCC(C)C(n2ccnc2)C1.I.